The van der Waals surface area contributed by atoms with Gasteiger partial charge < -0.3 is 23.7 Å². The number of carbonyl (C=O) groups is 1. The standard InChI is InChI=1S/C16H20Br2O6/c1-4-22-15(19)16(18,8-13(20-2)21-3)14(17)10-5-6-11-12(7-10)24-9-23-11/h5-7,13-14H,4,8-9H2,1-3H3. The number of esters is 1. The molecule has 6 nitrogen and oxygen atoms in total. The van der Waals surface area contributed by atoms with E-state index in [2.05, 4.69) is 31.9 Å². The Morgan fingerprint density at radius 3 is 2.58 bits per heavy atom. The van der Waals surface area contributed by atoms with Crippen molar-refractivity contribution in [3.05, 3.63) is 23.8 Å². The summed E-state index contributed by atoms with van der Waals surface area (Å²) < 4.78 is 25.4. The number of ether oxygens (including phenoxy) is 5. The number of hydrogen-bond acceptors (Lipinski definition) is 6. The lowest BCUT2D eigenvalue weighted by molar-refractivity contribution is -0.152. The molecule has 1 aromatic rings. The van der Waals surface area contributed by atoms with Crippen molar-refractivity contribution in [2.75, 3.05) is 27.6 Å². The molecule has 0 spiro atoms. The molecule has 1 heterocycles. The summed E-state index contributed by atoms with van der Waals surface area (Å²) in [6.45, 7) is 2.23. The van der Waals surface area contributed by atoms with E-state index in [1.54, 1.807) is 6.92 Å². The van der Waals surface area contributed by atoms with Gasteiger partial charge in [0.05, 0.1) is 11.4 Å². The van der Waals surface area contributed by atoms with Crippen molar-refractivity contribution in [2.45, 2.75) is 28.8 Å². The molecule has 0 aliphatic carbocycles. The van der Waals surface area contributed by atoms with Gasteiger partial charge in [0.25, 0.3) is 0 Å². The highest BCUT2D eigenvalue weighted by Gasteiger charge is 2.47. The molecule has 0 amide bonds. The second kappa shape index (κ2) is 8.51. The number of hydrogen-bond donors (Lipinski definition) is 0. The SMILES string of the molecule is CCOC(=O)C(Br)(CC(OC)OC)C(Br)c1ccc2c(c1)OCO2. The Morgan fingerprint density at radius 1 is 1.29 bits per heavy atom. The summed E-state index contributed by atoms with van der Waals surface area (Å²) in [7, 11) is 3.05. The number of carbonyl (C=O) groups excluding carboxylic acids is 1. The van der Waals surface area contributed by atoms with E-state index in [0.29, 0.717) is 11.5 Å². The number of benzene rings is 1. The quantitative estimate of drug-likeness (QED) is 0.331. The van der Waals surface area contributed by atoms with Crippen LogP contribution in [-0.2, 0) is 19.0 Å². The minimum Gasteiger partial charge on any atom is -0.465 e. The Balaban J connectivity index is 2.32. The van der Waals surface area contributed by atoms with Crippen LogP contribution in [-0.4, -0.2) is 44.2 Å². The fraction of sp³-hybridized carbons (Fsp3) is 0.562. The zero-order valence-corrected chi connectivity index (χ0v) is 16.9. The van der Waals surface area contributed by atoms with Crippen molar-refractivity contribution in [3.8, 4) is 11.5 Å². The van der Waals surface area contributed by atoms with Gasteiger partial charge in [-0.15, -0.1) is 0 Å². The molecule has 1 aromatic carbocycles. The van der Waals surface area contributed by atoms with Crippen molar-refractivity contribution >= 4 is 37.8 Å². The first kappa shape index (κ1) is 19.5. The number of methoxy groups -OCH3 is 2. The Bertz CT molecular complexity index is 578. The fourth-order valence-corrected chi connectivity index (χ4v) is 3.68. The summed E-state index contributed by atoms with van der Waals surface area (Å²) in [5.41, 5.74) is 0.843. The van der Waals surface area contributed by atoms with Gasteiger partial charge in [0, 0.05) is 20.6 Å². The van der Waals surface area contributed by atoms with E-state index in [-0.39, 0.29) is 19.8 Å². The van der Waals surface area contributed by atoms with Crippen molar-refractivity contribution in [1.82, 2.24) is 0 Å². The van der Waals surface area contributed by atoms with Crippen LogP contribution in [0.1, 0.15) is 23.7 Å². The molecule has 0 N–H and O–H groups in total. The average Bonchev–Trinajstić information content (AvgIpc) is 3.06. The molecular formula is C16H20Br2O6. The predicted octanol–water partition coefficient (Wildman–Crippen LogP) is 3.56. The van der Waals surface area contributed by atoms with E-state index in [4.69, 9.17) is 23.7 Å². The maximum atomic E-state index is 12.6. The molecule has 1 aliphatic rings. The normalized spacial score (nSPS) is 16.8. The van der Waals surface area contributed by atoms with Crippen LogP contribution in [0.15, 0.2) is 18.2 Å². The Kier molecular flexibility index (Phi) is 6.91. The molecule has 24 heavy (non-hydrogen) atoms. The first-order valence-corrected chi connectivity index (χ1v) is 9.12. The van der Waals surface area contributed by atoms with Gasteiger partial charge in [0.1, 0.15) is 4.32 Å². The first-order valence-electron chi connectivity index (χ1n) is 7.41. The Morgan fingerprint density at radius 2 is 1.96 bits per heavy atom. The van der Waals surface area contributed by atoms with E-state index >= 15 is 0 Å². The summed E-state index contributed by atoms with van der Waals surface area (Å²) in [5, 5.41) is 0. The van der Waals surface area contributed by atoms with Crippen LogP contribution >= 0.6 is 31.9 Å². The third kappa shape index (κ3) is 4.04. The molecule has 0 saturated carbocycles. The van der Waals surface area contributed by atoms with Gasteiger partial charge in [-0.3, -0.25) is 4.79 Å². The van der Waals surface area contributed by atoms with Gasteiger partial charge in [-0.2, -0.15) is 0 Å². The molecule has 134 valence electrons. The van der Waals surface area contributed by atoms with E-state index in [0.717, 1.165) is 5.56 Å². The molecule has 1 aliphatic heterocycles. The van der Waals surface area contributed by atoms with Crippen molar-refractivity contribution in [1.29, 1.82) is 0 Å². The monoisotopic (exact) mass is 466 g/mol. The molecule has 0 saturated heterocycles. The smallest absolute Gasteiger partial charge is 0.324 e. The fourth-order valence-electron chi connectivity index (χ4n) is 2.38. The number of fused-ring (bicyclic) bond motifs is 1. The van der Waals surface area contributed by atoms with Crippen LogP contribution in [0, 0.1) is 0 Å². The first-order chi connectivity index (χ1) is 11.5. The van der Waals surface area contributed by atoms with E-state index in [1.807, 2.05) is 18.2 Å². The molecule has 0 fully saturated rings. The summed E-state index contributed by atoms with van der Waals surface area (Å²) in [6.07, 6.45) is -0.314. The largest absolute Gasteiger partial charge is 0.465 e. The van der Waals surface area contributed by atoms with Gasteiger partial charge in [-0.05, 0) is 24.6 Å². The molecule has 0 bridgehead atoms. The Hall–Kier alpha value is -0.830. The van der Waals surface area contributed by atoms with Crippen molar-refractivity contribution in [3.63, 3.8) is 0 Å². The number of rotatable bonds is 8. The molecule has 0 radical (unpaired) electrons. The van der Waals surface area contributed by atoms with Crippen LogP contribution in [0.25, 0.3) is 0 Å². The lowest BCUT2D eigenvalue weighted by Crippen LogP contribution is -2.42. The van der Waals surface area contributed by atoms with Gasteiger partial charge in [0.2, 0.25) is 6.79 Å². The van der Waals surface area contributed by atoms with E-state index in [9.17, 15) is 4.79 Å². The number of alkyl halides is 2. The summed E-state index contributed by atoms with van der Waals surface area (Å²) >= 11 is 7.18. The van der Waals surface area contributed by atoms with Crippen LogP contribution in [0.5, 0.6) is 11.5 Å². The maximum absolute atomic E-state index is 12.6. The minimum absolute atomic E-state index is 0.193. The van der Waals surface area contributed by atoms with Crippen molar-refractivity contribution < 1.29 is 28.5 Å². The van der Waals surface area contributed by atoms with Crippen LogP contribution in [0.2, 0.25) is 0 Å². The second-order valence-corrected chi connectivity index (χ2v) is 7.49. The summed E-state index contributed by atoms with van der Waals surface area (Å²) in [6, 6.07) is 5.52. The lowest BCUT2D eigenvalue weighted by atomic mass is 9.95. The number of halogens is 2. The van der Waals surface area contributed by atoms with Crippen LogP contribution in [0.3, 0.4) is 0 Å². The van der Waals surface area contributed by atoms with Crippen LogP contribution < -0.4 is 9.47 Å². The molecule has 2 rings (SSSR count). The molecule has 8 heteroatoms. The Labute approximate surface area is 158 Å². The highest BCUT2D eigenvalue weighted by molar-refractivity contribution is 9.12. The summed E-state index contributed by atoms with van der Waals surface area (Å²) in [4.78, 5) is 12.2. The second-order valence-electron chi connectivity index (χ2n) is 5.16. The van der Waals surface area contributed by atoms with Gasteiger partial charge in [-0.1, -0.05) is 37.9 Å². The molecule has 2 atom stereocenters. The van der Waals surface area contributed by atoms with Gasteiger partial charge in [0.15, 0.2) is 17.8 Å². The topological polar surface area (TPSA) is 63.2 Å². The third-order valence-corrected chi connectivity index (χ3v) is 6.73. The lowest BCUT2D eigenvalue weighted by Gasteiger charge is -2.32. The third-order valence-electron chi connectivity index (χ3n) is 3.70. The zero-order chi connectivity index (χ0) is 17.7. The molecular weight excluding hydrogens is 448 g/mol. The average molecular weight is 468 g/mol. The van der Waals surface area contributed by atoms with Crippen molar-refractivity contribution in [2.24, 2.45) is 0 Å². The predicted molar refractivity (Wildman–Crippen MR) is 94.9 cm³/mol. The molecule has 0 aromatic heterocycles. The van der Waals surface area contributed by atoms with E-state index in [1.165, 1.54) is 14.2 Å². The molecule has 2 unspecified atom stereocenters. The van der Waals surface area contributed by atoms with Gasteiger partial charge in [-0.25, -0.2) is 0 Å². The van der Waals surface area contributed by atoms with Crippen LogP contribution in [0.4, 0.5) is 0 Å². The summed E-state index contributed by atoms with van der Waals surface area (Å²) in [5.74, 6) is 0.927. The van der Waals surface area contributed by atoms with E-state index < -0.39 is 21.4 Å². The zero-order valence-electron chi connectivity index (χ0n) is 13.7. The highest BCUT2D eigenvalue weighted by atomic mass is 79.9. The highest BCUT2D eigenvalue weighted by Crippen LogP contribution is 2.47. The maximum Gasteiger partial charge on any atom is 0.324 e. The van der Waals surface area contributed by atoms with Gasteiger partial charge >= 0.3 is 5.97 Å². The minimum atomic E-state index is -1.08.